The smallest absolute Gasteiger partial charge is 0.224 e. The number of rotatable bonds is 4. The molecular weight excluding hydrogens is 190 g/mol. The highest BCUT2D eigenvalue weighted by molar-refractivity contribution is 5.76. The molecule has 0 aliphatic heterocycles. The first-order chi connectivity index (χ1) is 7.09. The van der Waals surface area contributed by atoms with Crippen molar-refractivity contribution in [2.45, 2.75) is 18.9 Å². The molecule has 3 heteroatoms. The van der Waals surface area contributed by atoms with E-state index >= 15 is 0 Å². The molecule has 0 radical (unpaired) electrons. The summed E-state index contributed by atoms with van der Waals surface area (Å²) in [5, 5.41) is 9.67. The van der Waals surface area contributed by atoms with Gasteiger partial charge in [-0.3, -0.25) is 4.79 Å². The zero-order valence-corrected chi connectivity index (χ0v) is 9.18. The molecule has 0 heterocycles. The van der Waals surface area contributed by atoms with Crippen molar-refractivity contribution in [1.82, 2.24) is 4.90 Å². The van der Waals surface area contributed by atoms with Crippen LogP contribution in [-0.4, -0.2) is 36.1 Å². The third kappa shape index (κ3) is 4.13. The van der Waals surface area contributed by atoms with E-state index in [4.69, 9.17) is 0 Å². The van der Waals surface area contributed by atoms with E-state index in [-0.39, 0.29) is 12.3 Å². The summed E-state index contributed by atoms with van der Waals surface area (Å²) in [6.07, 6.45) is 0.116. The third-order valence-corrected chi connectivity index (χ3v) is 2.22. The molecule has 1 unspecified atom stereocenters. The van der Waals surface area contributed by atoms with Crippen LogP contribution < -0.4 is 0 Å². The number of hydrogen-bond acceptors (Lipinski definition) is 2. The predicted octanol–water partition coefficient (Wildman–Crippen LogP) is 1.07. The molecule has 0 bridgehead atoms. The SMILES string of the molecule is CN(C)C(=O)CC(O)Cc1ccccc1. The Labute approximate surface area is 90.3 Å². The minimum absolute atomic E-state index is 0.0431. The van der Waals surface area contributed by atoms with E-state index in [1.54, 1.807) is 14.1 Å². The van der Waals surface area contributed by atoms with Crippen LogP contribution in [0.25, 0.3) is 0 Å². The Kier molecular flexibility index (Phi) is 4.31. The van der Waals surface area contributed by atoms with Gasteiger partial charge in [-0.2, -0.15) is 0 Å². The van der Waals surface area contributed by atoms with Gasteiger partial charge >= 0.3 is 0 Å². The molecule has 0 saturated carbocycles. The van der Waals surface area contributed by atoms with E-state index in [0.717, 1.165) is 5.56 Å². The standard InChI is InChI=1S/C12H17NO2/c1-13(2)12(15)9-11(14)8-10-6-4-3-5-7-10/h3-7,11,14H,8-9H2,1-2H3. The fourth-order valence-electron chi connectivity index (χ4n) is 1.34. The maximum atomic E-state index is 11.3. The van der Waals surface area contributed by atoms with Gasteiger partial charge in [-0.1, -0.05) is 30.3 Å². The molecule has 15 heavy (non-hydrogen) atoms. The van der Waals surface area contributed by atoms with Gasteiger partial charge in [0.05, 0.1) is 12.5 Å². The number of aliphatic hydroxyl groups excluding tert-OH is 1. The first-order valence-electron chi connectivity index (χ1n) is 5.01. The van der Waals surface area contributed by atoms with Crippen molar-refractivity contribution < 1.29 is 9.90 Å². The molecule has 0 aromatic heterocycles. The second-order valence-corrected chi connectivity index (χ2v) is 3.84. The van der Waals surface area contributed by atoms with Crippen LogP contribution in [0.2, 0.25) is 0 Å². The summed E-state index contributed by atoms with van der Waals surface area (Å²) in [5.74, 6) is -0.0431. The van der Waals surface area contributed by atoms with E-state index in [9.17, 15) is 9.90 Å². The Morgan fingerprint density at radius 3 is 2.47 bits per heavy atom. The highest BCUT2D eigenvalue weighted by Gasteiger charge is 2.12. The lowest BCUT2D eigenvalue weighted by Crippen LogP contribution is -2.27. The number of carbonyl (C=O) groups excluding carboxylic acids is 1. The van der Waals surface area contributed by atoms with Crippen LogP contribution in [0.4, 0.5) is 0 Å². The highest BCUT2D eigenvalue weighted by Crippen LogP contribution is 2.06. The fourth-order valence-corrected chi connectivity index (χ4v) is 1.34. The summed E-state index contributed by atoms with van der Waals surface area (Å²) in [5.41, 5.74) is 1.05. The van der Waals surface area contributed by atoms with Gasteiger partial charge in [0, 0.05) is 14.1 Å². The Balaban J connectivity index is 2.43. The molecular formula is C12H17NO2. The normalized spacial score (nSPS) is 12.2. The van der Waals surface area contributed by atoms with Gasteiger partial charge in [0.15, 0.2) is 0 Å². The lowest BCUT2D eigenvalue weighted by atomic mass is 10.1. The zero-order chi connectivity index (χ0) is 11.3. The number of benzene rings is 1. The Morgan fingerprint density at radius 1 is 1.33 bits per heavy atom. The molecule has 0 aliphatic rings. The summed E-state index contributed by atoms with van der Waals surface area (Å²) < 4.78 is 0. The molecule has 1 rings (SSSR count). The van der Waals surface area contributed by atoms with Gasteiger partial charge in [0.1, 0.15) is 0 Å². The number of amides is 1. The number of nitrogens with zero attached hydrogens (tertiary/aromatic N) is 1. The Bertz CT molecular complexity index is 309. The molecule has 0 saturated heterocycles. The largest absolute Gasteiger partial charge is 0.392 e. The molecule has 1 aromatic carbocycles. The van der Waals surface area contributed by atoms with E-state index in [1.165, 1.54) is 4.90 Å². The van der Waals surface area contributed by atoms with Crippen molar-refractivity contribution in [2.75, 3.05) is 14.1 Å². The summed E-state index contributed by atoms with van der Waals surface area (Å²) in [6, 6.07) is 9.68. The van der Waals surface area contributed by atoms with Crippen LogP contribution in [0.15, 0.2) is 30.3 Å². The maximum Gasteiger partial charge on any atom is 0.224 e. The number of carbonyl (C=O) groups is 1. The highest BCUT2D eigenvalue weighted by atomic mass is 16.3. The number of aliphatic hydroxyl groups is 1. The summed E-state index contributed by atoms with van der Waals surface area (Å²) in [4.78, 5) is 12.8. The van der Waals surface area contributed by atoms with Gasteiger partial charge in [-0.15, -0.1) is 0 Å². The van der Waals surface area contributed by atoms with Gasteiger partial charge in [-0.25, -0.2) is 0 Å². The quantitative estimate of drug-likeness (QED) is 0.802. The summed E-state index contributed by atoms with van der Waals surface area (Å²) in [6.45, 7) is 0. The molecule has 1 N–H and O–H groups in total. The van der Waals surface area contributed by atoms with Crippen LogP contribution in [0.3, 0.4) is 0 Å². The monoisotopic (exact) mass is 207 g/mol. The van der Waals surface area contributed by atoms with Crippen LogP contribution in [0, 0.1) is 0 Å². The second-order valence-electron chi connectivity index (χ2n) is 3.84. The lowest BCUT2D eigenvalue weighted by molar-refractivity contribution is -0.130. The average molecular weight is 207 g/mol. The third-order valence-electron chi connectivity index (χ3n) is 2.22. The lowest BCUT2D eigenvalue weighted by Gasteiger charge is -2.14. The van der Waals surface area contributed by atoms with Crippen LogP contribution in [0.1, 0.15) is 12.0 Å². The van der Waals surface area contributed by atoms with Gasteiger partial charge in [-0.05, 0) is 12.0 Å². The predicted molar refractivity (Wildman–Crippen MR) is 59.5 cm³/mol. The fraction of sp³-hybridized carbons (Fsp3) is 0.417. The molecule has 1 aromatic rings. The van der Waals surface area contributed by atoms with Crippen LogP contribution in [0.5, 0.6) is 0 Å². The van der Waals surface area contributed by atoms with Crippen molar-refractivity contribution in [3.8, 4) is 0 Å². The minimum Gasteiger partial charge on any atom is -0.392 e. The zero-order valence-electron chi connectivity index (χ0n) is 9.18. The Morgan fingerprint density at radius 2 is 1.93 bits per heavy atom. The molecule has 0 aliphatic carbocycles. The summed E-state index contributed by atoms with van der Waals surface area (Å²) in [7, 11) is 3.38. The van der Waals surface area contributed by atoms with Crippen LogP contribution >= 0.6 is 0 Å². The molecule has 1 atom stereocenters. The molecule has 3 nitrogen and oxygen atoms in total. The summed E-state index contributed by atoms with van der Waals surface area (Å²) >= 11 is 0. The van der Waals surface area contributed by atoms with E-state index in [1.807, 2.05) is 30.3 Å². The minimum atomic E-state index is -0.595. The molecule has 0 spiro atoms. The van der Waals surface area contributed by atoms with E-state index in [2.05, 4.69) is 0 Å². The molecule has 0 fully saturated rings. The van der Waals surface area contributed by atoms with Crippen molar-refractivity contribution in [3.63, 3.8) is 0 Å². The van der Waals surface area contributed by atoms with Crippen molar-refractivity contribution in [3.05, 3.63) is 35.9 Å². The molecule has 82 valence electrons. The van der Waals surface area contributed by atoms with Crippen molar-refractivity contribution >= 4 is 5.91 Å². The van der Waals surface area contributed by atoms with Crippen LogP contribution in [-0.2, 0) is 11.2 Å². The first kappa shape index (κ1) is 11.7. The van der Waals surface area contributed by atoms with E-state index in [0.29, 0.717) is 6.42 Å². The van der Waals surface area contributed by atoms with Crippen molar-refractivity contribution in [2.24, 2.45) is 0 Å². The first-order valence-corrected chi connectivity index (χ1v) is 5.01. The second kappa shape index (κ2) is 5.51. The molecule has 1 amide bonds. The topological polar surface area (TPSA) is 40.5 Å². The Hall–Kier alpha value is -1.35. The van der Waals surface area contributed by atoms with Crippen molar-refractivity contribution in [1.29, 1.82) is 0 Å². The average Bonchev–Trinajstić information content (AvgIpc) is 2.18. The van der Waals surface area contributed by atoms with Gasteiger partial charge < -0.3 is 10.0 Å². The van der Waals surface area contributed by atoms with E-state index < -0.39 is 6.10 Å². The number of hydrogen-bond donors (Lipinski definition) is 1. The maximum absolute atomic E-state index is 11.3. The van der Waals surface area contributed by atoms with Gasteiger partial charge in [0.25, 0.3) is 0 Å². The van der Waals surface area contributed by atoms with Gasteiger partial charge in [0.2, 0.25) is 5.91 Å².